The van der Waals surface area contributed by atoms with Crippen LogP contribution in [0.3, 0.4) is 0 Å². The van der Waals surface area contributed by atoms with Crippen LogP contribution in [0.2, 0.25) is 0 Å². The van der Waals surface area contributed by atoms with E-state index in [9.17, 15) is 0 Å². The lowest BCUT2D eigenvalue weighted by Crippen LogP contribution is -2.19. The smallest absolute Gasteiger partial charge is 0.203 e. The van der Waals surface area contributed by atoms with Gasteiger partial charge in [-0.25, -0.2) is 0 Å². The maximum Gasteiger partial charge on any atom is 0.203 e. The maximum absolute atomic E-state index is 5.56. The molecule has 1 atom stereocenters. The quantitative estimate of drug-likeness (QED) is 0.798. The first-order valence-corrected chi connectivity index (χ1v) is 8.77. The molecule has 1 aliphatic carbocycles. The van der Waals surface area contributed by atoms with Gasteiger partial charge in [0.15, 0.2) is 11.5 Å². The van der Waals surface area contributed by atoms with Crippen molar-refractivity contribution in [2.24, 2.45) is 0 Å². The molecule has 4 nitrogen and oxygen atoms in total. The zero-order valence-corrected chi connectivity index (χ0v) is 15.8. The van der Waals surface area contributed by atoms with Gasteiger partial charge in [-0.05, 0) is 36.1 Å². The molecule has 0 radical (unpaired) electrons. The summed E-state index contributed by atoms with van der Waals surface area (Å²) < 4.78 is 17.6. The van der Waals surface area contributed by atoms with E-state index < -0.39 is 0 Å². The number of benzene rings is 2. The van der Waals surface area contributed by atoms with Gasteiger partial charge in [0.05, 0.1) is 21.3 Å². The van der Waals surface area contributed by atoms with Crippen molar-refractivity contribution in [1.29, 1.82) is 0 Å². The van der Waals surface area contributed by atoms with Gasteiger partial charge in [-0.2, -0.15) is 0 Å². The molecule has 1 aliphatic rings. The molecule has 0 saturated carbocycles. The summed E-state index contributed by atoms with van der Waals surface area (Å²) in [5.74, 6) is 2.03. The van der Waals surface area contributed by atoms with E-state index in [1.165, 1.54) is 15.6 Å². The zero-order chi connectivity index (χ0) is 17.1. The maximum atomic E-state index is 5.56. The van der Waals surface area contributed by atoms with E-state index in [-0.39, 0.29) is 0 Å². The first kappa shape index (κ1) is 17.1. The molecule has 0 aliphatic heterocycles. The highest BCUT2D eigenvalue weighted by Gasteiger charge is 2.24. The van der Waals surface area contributed by atoms with Crippen molar-refractivity contribution in [3.8, 4) is 17.2 Å². The predicted octanol–water partition coefficient (Wildman–Crippen LogP) is 4.25. The van der Waals surface area contributed by atoms with Gasteiger partial charge < -0.3 is 19.5 Å². The third-order valence-electron chi connectivity index (χ3n) is 4.54. The first-order valence-electron chi connectivity index (χ1n) is 7.98. The van der Waals surface area contributed by atoms with E-state index in [1.807, 2.05) is 12.1 Å². The Labute approximate surface area is 151 Å². The van der Waals surface area contributed by atoms with Crippen molar-refractivity contribution in [1.82, 2.24) is 5.32 Å². The Bertz CT molecular complexity index is 733. The van der Waals surface area contributed by atoms with E-state index in [0.717, 1.165) is 24.2 Å². The highest BCUT2D eigenvalue weighted by atomic mass is 79.9. The Morgan fingerprint density at radius 3 is 2.54 bits per heavy atom. The third kappa shape index (κ3) is 3.10. The number of halogens is 1. The van der Waals surface area contributed by atoms with Gasteiger partial charge >= 0.3 is 0 Å². The van der Waals surface area contributed by atoms with Crippen molar-refractivity contribution >= 4 is 15.9 Å². The standard InChI is InChI=1S/C19H22BrNO3/c1-22-17-10-7-12(18(23-2)19(17)24-3)11-21-16-9-8-13-14(16)5-4-6-15(13)20/h4-7,10,16,21H,8-9,11H2,1-3H3. The molecule has 5 heteroatoms. The summed E-state index contributed by atoms with van der Waals surface area (Å²) in [4.78, 5) is 0. The van der Waals surface area contributed by atoms with Gasteiger partial charge in [0.25, 0.3) is 0 Å². The van der Waals surface area contributed by atoms with Crippen molar-refractivity contribution < 1.29 is 14.2 Å². The molecule has 1 unspecified atom stereocenters. The molecule has 0 saturated heterocycles. The lowest BCUT2D eigenvalue weighted by Gasteiger charge is -2.18. The molecule has 0 bridgehead atoms. The van der Waals surface area contributed by atoms with E-state index >= 15 is 0 Å². The van der Waals surface area contributed by atoms with E-state index in [0.29, 0.717) is 24.1 Å². The lowest BCUT2D eigenvalue weighted by molar-refractivity contribution is 0.321. The average Bonchev–Trinajstić information content (AvgIpc) is 3.03. The molecule has 0 amide bonds. The lowest BCUT2D eigenvalue weighted by atomic mass is 10.1. The Morgan fingerprint density at radius 2 is 1.83 bits per heavy atom. The summed E-state index contributed by atoms with van der Waals surface area (Å²) in [6.45, 7) is 0.708. The highest BCUT2D eigenvalue weighted by Crippen LogP contribution is 2.40. The van der Waals surface area contributed by atoms with Gasteiger partial charge in [0, 0.05) is 22.6 Å². The molecule has 0 spiro atoms. The second-order valence-electron chi connectivity index (χ2n) is 5.77. The van der Waals surface area contributed by atoms with Gasteiger partial charge in [-0.3, -0.25) is 0 Å². The average molecular weight is 392 g/mol. The Balaban J connectivity index is 1.80. The van der Waals surface area contributed by atoms with Crippen molar-refractivity contribution in [2.45, 2.75) is 25.4 Å². The molecule has 0 heterocycles. The zero-order valence-electron chi connectivity index (χ0n) is 14.2. The van der Waals surface area contributed by atoms with Gasteiger partial charge in [-0.1, -0.05) is 34.1 Å². The van der Waals surface area contributed by atoms with E-state index in [1.54, 1.807) is 21.3 Å². The van der Waals surface area contributed by atoms with Crippen molar-refractivity contribution in [3.63, 3.8) is 0 Å². The summed E-state index contributed by atoms with van der Waals surface area (Å²) in [6.07, 6.45) is 2.20. The fourth-order valence-corrected chi connectivity index (χ4v) is 3.94. The molecule has 3 rings (SSSR count). The largest absolute Gasteiger partial charge is 0.493 e. The molecule has 0 aromatic heterocycles. The monoisotopic (exact) mass is 391 g/mol. The molecular formula is C19H22BrNO3. The van der Waals surface area contributed by atoms with Crippen LogP contribution >= 0.6 is 15.9 Å². The minimum Gasteiger partial charge on any atom is -0.493 e. The van der Waals surface area contributed by atoms with Crippen LogP contribution < -0.4 is 19.5 Å². The fourth-order valence-electron chi connectivity index (χ4n) is 3.36. The summed E-state index contributed by atoms with van der Waals surface area (Å²) in [7, 11) is 4.91. The number of ether oxygens (including phenoxy) is 3. The number of hydrogen-bond acceptors (Lipinski definition) is 4. The van der Waals surface area contributed by atoms with Gasteiger partial charge in [0.2, 0.25) is 5.75 Å². The van der Waals surface area contributed by atoms with Crippen molar-refractivity contribution in [3.05, 3.63) is 51.5 Å². The van der Waals surface area contributed by atoms with Crippen LogP contribution in [0.25, 0.3) is 0 Å². The van der Waals surface area contributed by atoms with Crippen molar-refractivity contribution in [2.75, 3.05) is 21.3 Å². The van der Waals surface area contributed by atoms with Gasteiger partial charge in [0.1, 0.15) is 0 Å². The number of fused-ring (bicyclic) bond motifs is 1. The van der Waals surface area contributed by atoms with Crippen LogP contribution in [-0.2, 0) is 13.0 Å². The summed E-state index contributed by atoms with van der Waals surface area (Å²) in [6, 6.07) is 10.7. The van der Waals surface area contributed by atoms with Crippen LogP contribution in [0, 0.1) is 0 Å². The second kappa shape index (κ2) is 7.45. The minimum absolute atomic E-state index is 0.357. The Hall–Kier alpha value is -1.72. The summed E-state index contributed by atoms with van der Waals surface area (Å²) >= 11 is 3.65. The van der Waals surface area contributed by atoms with Crippen LogP contribution in [0.15, 0.2) is 34.8 Å². The molecule has 128 valence electrons. The molecule has 2 aromatic carbocycles. The SMILES string of the molecule is COc1ccc(CNC2CCc3c(Br)cccc32)c(OC)c1OC. The fraction of sp³-hybridized carbons (Fsp3) is 0.368. The van der Waals surface area contributed by atoms with Crippen LogP contribution in [0.1, 0.15) is 29.2 Å². The van der Waals surface area contributed by atoms with Crippen LogP contribution in [0.4, 0.5) is 0 Å². The number of rotatable bonds is 6. The molecule has 1 N–H and O–H groups in total. The molecule has 24 heavy (non-hydrogen) atoms. The topological polar surface area (TPSA) is 39.7 Å². The number of hydrogen-bond donors (Lipinski definition) is 1. The molecule has 0 fully saturated rings. The predicted molar refractivity (Wildman–Crippen MR) is 98.1 cm³/mol. The highest BCUT2D eigenvalue weighted by molar-refractivity contribution is 9.10. The Kier molecular flexibility index (Phi) is 5.31. The van der Waals surface area contributed by atoms with E-state index in [4.69, 9.17) is 14.2 Å². The molecule has 2 aromatic rings. The van der Waals surface area contributed by atoms with Crippen LogP contribution in [-0.4, -0.2) is 21.3 Å². The first-order chi connectivity index (χ1) is 11.7. The number of nitrogens with one attached hydrogen (secondary N) is 1. The Morgan fingerprint density at radius 1 is 1.04 bits per heavy atom. The van der Waals surface area contributed by atoms with Crippen LogP contribution in [0.5, 0.6) is 17.2 Å². The number of methoxy groups -OCH3 is 3. The summed E-state index contributed by atoms with van der Waals surface area (Å²) in [5, 5.41) is 3.65. The summed E-state index contributed by atoms with van der Waals surface area (Å²) in [5.41, 5.74) is 3.84. The minimum atomic E-state index is 0.357. The normalized spacial score (nSPS) is 15.9. The molecular weight excluding hydrogens is 370 g/mol. The van der Waals surface area contributed by atoms with E-state index in [2.05, 4.69) is 39.4 Å². The third-order valence-corrected chi connectivity index (χ3v) is 5.28. The second-order valence-corrected chi connectivity index (χ2v) is 6.63. The van der Waals surface area contributed by atoms with Gasteiger partial charge in [-0.15, -0.1) is 0 Å².